The zero-order chi connectivity index (χ0) is 13.5. The van der Waals surface area contributed by atoms with E-state index < -0.39 is 6.10 Å². The summed E-state index contributed by atoms with van der Waals surface area (Å²) in [5, 5.41) is 16.1. The lowest BCUT2D eigenvalue weighted by atomic mass is 10.0. The third-order valence-electron chi connectivity index (χ3n) is 2.86. The van der Waals surface area contributed by atoms with Crippen molar-refractivity contribution in [1.29, 1.82) is 0 Å². The first kappa shape index (κ1) is 14.9. The van der Waals surface area contributed by atoms with Gasteiger partial charge in [0.15, 0.2) is 0 Å². The van der Waals surface area contributed by atoms with E-state index in [0.29, 0.717) is 6.54 Å². The maximum absolute atomic E-state index is 11.5. The molecule has 0 saturated heterocycles. The standard InChI is InChI=1S/C12H21N3O2S/c1-4-8(2)11(16)7-15-12(17)14-6-10-5-13-9(3)18-10/h5,8,11,16H,4,6-7H2,1-3H3,(H2,14,15,17). The van der Waals surface area contributed by atoms with Crippen LogP contribution in [0.2, 0.25) is 0 Å². The molecular formula is C12H21N3O2S. The first-order valence-electron chi connectivity index (χ1n) is 6.14. The Morgan fingerprint density at radius 3 is 2.83 bits per heavy atom. The molecule has 1 aromatic heterocycles. The second-order valence-corrected chi connectivity index (χ2v) is 5.68. The number of urea groups is 1. The van der Waals surface area contributed by atoms with Gasteiger partial charge < -0.3 is 15.7 Å². The second-order valence-electron chi connectivity index (χ2n) is 4.36. The largest absolute Gasteiger partial charge is 0.391 e. The summed E-state index contributed by atoms with van der Waals surface area (Å²) in [6.07, 6.45) is 2.16. The molecule has 0 radical (unpaired) electrons. The van der Waals surface area contributed by atoms with Crippen LogP contribution in [0.15, 0.2) is 6.20 Å². The summed E-state index contributed by atoms with van der Waals surface area (Å²) in [6, 6.07) is -0.261. The van der Waals surface area contributed by atoms with Gasteiger partial charge in [0.1, 0.15) is 0 Å². The lowest BCUT2D eigenvalue weighted by Crippen LogP contribution is -2.41. The average Bonchev–Trinajstić information content (AvgIpc) is 2.78. The van der Waals surface area contributed by atoms with Crippen molar-refractivity contribution in [3.63, 3.8) is 0 Å². The van der Waals surface area contributed by atoms with Gasteiger partial charge in [0.2, 0.25) is 0 Å². The van der Waals surface area contributed by atoms with Crippen LogP contribution in [0.25, 0.3) is 0 Å². The Bertz CT molecular complexity index is 381. The van der Waals surface area contributed by atoms with E-state index in [2.05, 4.69) is 15.6 Å². The van der Waals surface area contributed by atoms with E-state index in [1.54, 1.807) is 17.5 Å². The van der Waals surface area contributed by atoms with Gasteiger partial charge in [-0.1, -0.05) is 20.3 Å². The van der Waals surface area contributed by atoms with Crippen LogP contribution in [-0.2, 0) is 6.54 Å². The van der Waals surface area contributed by atoms with Crippen molar-refractivity contribution in [2.45, 2.75) is 39.8 Å². The molecule has 1 rings (SSSR count). The fourth-order valence-corrected chi connectivity index (χ4v) is 2.12. The van der Waals surface area contributed by atoms with E-state index in [-0.39, 0.29) is 18.5 Å². The zero-order valence-corrected chi connectivity index (χ0v) is 11.9. The van der Waals surface area contributed by atoms with Crippen LogP contribution in [0.3, 0.4) is 0 Å². The van der Waals surface area contributed by atoms with Crippen LogP contribution >= 0.6 is 11.3 Å². The first-order valence-corrected chi connectivity index (χ1v) is 6.95. The highest BCUT2D eigenvalue weighted by molar-refractivity contribution is 7.11. The van der Waals surface area contributed by atoms with Gasteiger partial charge in [-0.25, -0.2) is 9.78 Å². The van der Waals surface area contributed by atoms with Gasteiger partial charge >= 0.3 is 6.03 Å². The number of nitrogens with one attached hydrogen (secondary N) is 2. The number of rotatable bonds is 6. The normalized spacial score (nSPS) is 14.0. The lowest BCUT2D eigenvalue weighted by molar-refractivity contribution is 0.114. The molecular weight excluding hydrogens is 250 g/mol. The number of aromatic nitrogens is 1. The number of carbonyl (C=O) groups is 1. The van der Waals surface area contributed by atoms with Crippen molar-refractivity contribution >= 4 is 17.4 Å². The molecule has 1 aromatic rings. The van der Waals surface area contributed by atoms with Crippen molar-refractivity contribution in [2.24, 2.45) is 5.92 Å². The van der Waals surface area contributed by atoms with Gasteiger partial charge in [-0.3, -0.25) is 0 Å². The van der Waals surface area contributed by atoms with Crippen molar-refractivity contribution in [1.82, 2.24) is 15.6 Å². The molecule has 0 aromatic carbocycles. The highest BCUT2D eigenvalue weighted by Crippen LogP contribution is 2.10. The van der Waals surface area contributed by atoms with Gasteiger partial charge in [-0.15, -0.1) is 11.3 Å². The quantitative estimate of drug-likeness (QED) is 0.736. The smallest absolute Gasteiger partial charge is 0.315 e. The lowest BCUT2D eigenvalue weighted by Gasteiger charge is -2.17. The van der Waals surface area contributed by atoms with Gasteiger partial charge in [-0.05, 0) is 12.8 Å². The Kier molecular flexibility index (Phi) is 6.07. The predicted molar refractivity (Wildman–Crippen MR) is 72.6 cm³/mol. The van der Waals surface area contributed by atoms with Crippen molar-refractivity contribution in [3.05, 3.63) is 16.1 Å². The molecule has 2 atom stereocenters. The number of hydrogen-bond acceptors (Lipinski definition) is 4. The summed E-state index contributed by atoms with van der Waals surface area (Å²) in [5.41, 5.74) is 0. The molecule has 0 bridgehead atoms. The highest BCUT2D eigenvalue weighted by Gasteiger charge is 2.13. The van der Waals surface area contributed by atoms with E-state index in [0.717, 1.165) is 16.3 Å². The van der Waals surface area contributed by atoms with Crippen molar-refractivity contribution < 1.29 is 9.90 Å². The summed E-state index contributed by atoms with van der Waals surface area (Å²) >= 11 is 1.56. The molecule has 0 fully saturated rings. The zero-order valence-electron chi connectivity index (χ0n) is 11.1. The molecule has 0 aliphatic rings. The molecule has 102 valence electrons. The molecule has 18 heavy (non-hydrogen) atoms. The van der Waals surface area contributed by atoms with Crippen LogP contribution < -0.4 is 10.6 Å². The Balaban J connectivity index is 2.22. The topological polar surface area (TPSA) is 74.2 Å². The van der Waals surface area contributed by atoms with Crippen LogP contribution in [0.1, 0.15) is 30.2 Å². The van der Waals surface area contributed by atoms with Crippen molar-refractivity contribution in [3.8, 4) is 0 Å². The van der Waals surface area contributed by atoms with Crippen LogP contribution in [0.5, 0.6) is 0 Å². The van der Waals surface area contributed by atoms with Crippen LogP contribution in [-0.4, -0.2) is 28.8 Å². The minimum Gasteiger partial charge on any atom is -0.391 e. The fraction of sp³-hybridized carbons (Fsp3) is 0.667. The van der Waals surface area contributed by atoms with E-state index in [1.807, 2.05) is 20.8 Å². The Labute approximate surface area is 112 Å². The van der Waals surface area contributed by atoms with Crippen LogP contribution in [0, 0.1) is 12.8 Å². The fourth-order valence-electron chi connectivity index (χ4n) is 1.39. The molecule has 5 nitrogen and oxygen atoms in total. The van der Waals surface area contributed by atoms with Gasteiger partial charge in [0.05, 0.1) is 17.7 Å². The monoisotopic (exact) mass is 271 g/mol. The number of carbonyl (C=O) groups excluding carboxylic acids is 1. The highest BCUT2D eigenvalue weighted by atomic mass is 32.1. The SMILES string of the molecule is CCC(C)C(O)CNC(=O)NCc1cnc(C)s1. The predicted octanol–water partition coefficient (Wildman–Crippen LogP) is 1.66. The Morgan fingerprint density at radius 1 is 1.56 bits per heavy atom. The molecule has 2 unspecified atom stereocenters. The summed E-state index contributed by atoms with van der Waals surface area (Å²) < 4.78 is 0. The summed E-state index contributed by atoms with van der Waals surface area (Å²) in [6.45, 7) is 6.65. The summed E-state index contributed by atoms with van der Waals surface area (Å²) in [7, 11) is 0. The number of amides is 2. The number of aliphatic hydroxyl groups excluding tert-OH is 1. The third kappa shape index (κ3) is 5.01. The average molecular weight is 271 g/mol. The maximum atomic E-state index is 11.5. The third-order valence-corrected chi connectivity index (χ3v) is 3.78. The molecule has 6 heteroatoms. The number of nitrogens with zero attached hydrogens (tertiary/aromatic N) is 1. The summed E-state index contributed by atoms with van der Waals surface area (Å²) in [4.78, 5) is 16.6. The molecule has 1 heterocycles. The molecule has 0 spiro atoms. The Morgan fingerprint density at radius 2 is 2.28 bits per heavy atom. The molecule has 2 amide bonds. The molecule has 3 N–H and O–H groups in total. The number of hydrogen-bond donors (Lipinski definition) is 3. The van der Waals surface area contributed by atoms with Gasteiger partial charge in [0.25, 0.3) is 0 Å². The van der Waals surface area contributed by atoms with E-state index in [1.165, 1.54) is 0 Å². The second kappa shape index (κ2) is 7.33. The van der Waals surface area contributed by atoms with Gasteiger partial charge in [0, 0.05) is 17.6 Å². The minimum atomic E-state index is -0.494. The molecule has 0 aliphatic heterocycles. The Hall–Kier alpha value is -1.14. The van der Waals surface area contributed by atoms with E-state index >= 15 is 0 Å². The summed E-state index contributed by atoms with van der Waals surface area (Å²) in [5.74, 6) is 0.189. The van der Waals surface area contributed by atoms with Crippen LogP contribution in [0.4, 0.5) is 4.79 Å². The first-order chi connectivity index (χ1) is 8.52. The minimum absolute atomic E-state index is 0.189. The number of thiazole rings is 1. The number of aliphatic hydroxyl groups is 1. The van der Waals surface area contributed by atoms with Gasteiger partial charge in [-0.2, -0.15) is 0 Å². The molecule has 0 saturated carbocycles. The van der Waals surface area contributed by atoms with E-state index in [9.17, 15) is 9.90 Å². The maximum Gasteiger partial charge on any atom is 0.315 e. The number of aryl methyl sites for hydroxylation is 1. The van der Waals surface area contributed by atoms with Crippen molar-refractivity contribution in [2.75, 3.05) is 6.54 Å². The molecule has 0 aliphatic carbocycles. The van der Waals surface area contributed by atoms with E-state index in [4.69, 9.17) is 0 Å².